The molecule has 4 aromatic carbocycles. The lowest BCUT2D eigenvalue weighted by molar-refractivity contribution is 0.0473. The van der Waals surface area contributed by atoms with E-state index >= 15 is 0 Å². The molecule has 0 aliphatic heterocycles. The van der Waals surface area contributed by atoms with Gasteiger partial charge >= 0.3 is 5.97 Å². The molecule has 5 aromatic rings. The molecule has 0 unspecified atom stereocenters. The minimum absolute atomic E-state index is 0.0560. The smallest absolute Gasteiger partial charge is 0.338 e. The van der Waals surface area contributed by atoms with Gasteiger partial charge in [0.25, 0.3) is 5.91 Å². The summed E-state index contributed by atoms with van der Waals surface area (Å²) in [5.41, 5.74) is 5.74. The third kappa shape index (κ3) is 7.25. The number of ether oxygens (including phenoxy) is 1. The van der Waals surface area contributed by atoms with Gasteiger partial charge in [-0.1, -0.05) is 107 Å². The number of amides is 1. The van der Waals surface area contributed by atoms with E-state index in [2.05, 4.69) is 55.3 Å². The number of carbonyl (C=O) groups excluding carboxylic acids is 2. The van der Waals surface area contributed by atoms with E-state index in [1.165, 1.54) is 5.56 Å². The van der Waals surface area contributed by atoms with Gasteiger partial charge in [0.1, 0.15) is 12.4 Å². The van der Waals surface area contributed by atoms with Gasteiger partial charge in [0.15, 0.2) is 0 Å². The van der Waals surface area contributed by atoms with E-state index in [1.54, 1.807) is 24.3 Å². The van der Waals surface area contributed by atoms with E-state index in [0.717, 1.165) is 22.1 Å². The van der Waals surface area contributed by atoms with Crippen molar-refractivity contribution >= 4 is 28.6 Å². The molecule has 5 heteroatoms. The molecular weight excluding hydrogens is 508 g/mol. The molecule has 5 nitrogen and oxygen atoms in total. The van der Waals surface area contributed by atoms with Gasteiger partial charge < -0.3 is 10.1 Å². The Bertz CT molecular complexity index is 1640. The Morgan fingerprint density at radius 2 is 1.46 bits per heavy atom. The number of hydrogen-bond acceptors (Lipinski definition) is 4. The van der Waals surface area contributed by atoms with Gasteiger partial charge in [-0.2, -0.15) is 0 Å². The van der Waals surface area contributed by atoms with E-state index in [-0.39, 0.29) is 17.9 Å². The van der Waals surface area contributed by atoms with Crippen LogP contribution in [0.1, 0.15) is 66.5 Å². The maximum Gasteiger partial charge on any atom is 0.338 e. The van der Waals surface area contributed by atoms with Gasteiger partial charge in [-0.3, -0.25) is 4.79 Å². The van der Waals surface area contributed by atoms with Crippen molar-refractivity contribution in [1.29, 1.82) is 0 Å². The summed E-state index contributed by atoms with van der Waals surface area (Å²) in [4.78, 5) is 30.4. The Labute approximate surface area is 242 Å². The van der Waals surface area contributed by atoms with Crippen LogP contribution in [0.3, 0.4) is 0 Å². The highest BCUT2D eigenvalue weighted by Crippen LogP contribution is 2.29. The fourth-order valence-corrected chi connectivity index (χ4v) is 4.39. The average molecular weight is 545 g/mol. The number of nitrogens with one attached hydrogen (secondary N) is 1. The van der Waals surface area contributed by atoms with Crippen LogP contribution in [0.15, 0.2) is 109 Å². The fraction of sp³-hybridized carbons (Fsp3) is 0.194. The van der Waals surface area contributed by atoms with Crippen LogP contribution >= 0.6 is 0 Å². The Kier molecular flexibility index (Phi) is 9.30. The van der Waals surface area contributed by atoms with Gasteiger partial charge in [-0.15, -0.1) is 0 Å². The fourth-order valence-electron chi connectivity index (χ4n) is 4.39. The number of anilines is 1. The standard InChI is InChI=1S/C34H30N2O3.C2H6/c1-34(2,3)27-17-13-24(14-18-27)28-11-7-8-12-29(28)32(37)36-31-20-16-25-21-26(15-19-30(25)35-31)33(38)39-22-23-9-5-4-6-10-23;1-2/h4-21H,22H2,1-3H3,(H,35,36,37);1-2H3. The maximum atomic E-state index is 13.3. The Balaban J connectivity index is 0.00000189. The van der Waals surface area contributed by atoms with Crippen molar-refractivity contribution in [2.45, 2.75) is 46.6 Å². The molecule has 0 aliphatic rings. The number of esters is 1. The topological polar surface area (TPSA) is 68.3 Å². The number of pyridine rings is 1. The molecule has 0 aliphatic carbocycles. The molecule has 1 aromatic heterocycles. The van der Waals surface area contributed by atoms with Gasteiger partial charge in [-0.25, -0.2) is 9.78 Å². The van der Waals surface area contributed by atoms with E-state index < -0.39 is 5.97 Å². The summed E-state index contributed by atoms with van der Waals surface area (Å²) in [7, 11) is 0. The van der Waals surface area contributed by atoms with Crippen LogP contribution in [0.2, 0.25) is 0 Å². The Hall–Kier alpha value is -4.77. The van der Waals surface area contributed by atoms with Crippen LogP contribution in [0.25, 0.3) is 22.0 Å². The summed E-state index contributed by atoms with van der Waals surface area (Å²) >= 11 is 0. The average Bonchev–Trinajstić information content (AvgIpc) is 3.00. The van der Waals surface area contributed by atoms with Gasteiger partial charge in [0, 0.05) is 10.9 Å². The molecule has 0 saturated carbocycles. The molecule has 0 spiro atoms. The molecular formula is C36H36N2O3. The Morgan fingerprint density at radius 1 is 0.780 bits per heavy atom. The number of rotatable bonds is 6. The zero-order valence-corrected chi connectivity index (χ0v) is 24.3. The summed E-state index contributed by atoms with van der Waals surface area (Å²) in [6.07, 6.45) is 0. The number of benzene rings is 4. The second-order valence-electron chi connectivity index (χ2n) is 10.5. The molecule has 0 atom stereocenters. The molecule has 1 amide bonds. The van der Waals surface area contributed by atoms with Crippen molar-refractivity contribution in [2.75, 3.05) is 5.32 Å². The number of aromatic nitrogens is 1. The summed E-state index contributed by atoms with van der Waals surface area (Å²) in [5, 5.41) is 3.71. The predicted octanol–water partition coefficient (Wildman–Crippen LogP) is 8.83. The van der Waals surface area contributed by atoms with Crippen molar-refractivity contribution in [3.8, 4) is 11.1 Å². The van der Waals surface area contributed by atoms with Crippen molar-refractivity contribution in [3.05, 3.63) is 131 Å². The number of nitrogens with zero attached hydrogens (tertiary/aromatic N) is 1. The summed E-state index contributed by atoms with van der Waals surface area (Å²) in [5.74, 6) is -0.200. The third-order valence-corrected chi connectivity index (χ3v) is 6.61. The van der Waals surface area contributed by atoms with Crippen LogP contribution in [0.5, 0.6) is 0 Å². The second kappa shape index (κ2) is 13.1. The van der Waals surface area contributed by atoms with Crippen LogP contribution in [0.4, 0.5) is 5.82 Å². The van der Waals surface area contributed by atoms with E-state index in [1.807, 2.05) is 74.5 Å². The minimum Gasteiger partial charge on any atom is -0.457 e. The van der Waals surface area contributed by atoms with E-state index in [0.29, 0.717) is 22.5 Å². The largest absolute Gasteiger partial charge is 0.457 e. The predicted molar refractivity (Wildman–Crippen MR) is 167 cm³/mol. The third-order valence-electron chi connectivity index (χ3n) is 6.61. The highest BCUT2D eigenvalue weighted by Gasteiger charge is 2.16. The Morgan fingerprint density at radius 3 is 2.17 bits per heavy atom. The molecule has 0 saturated heterocycles. The van der Waals surface area contributed by atoms with Crippen molar-refractivity contribution in [2.24, 2.45) is 0 Å². The van der Waals surface area contributed by atoms with Crippen molar-refractivity contribution in [1.82, 2.24) is 4.98 Å². The second-order valence-corrected chi connectivity index (χ2v) is 10.5. The lowest BCUT2D eigenvalue weighted by Gasteiger charge is -2.19. The first-order valence-electron chi connectivity index (χ1n) is 13.9. The van der Waals surface area contributed by atoms with Crippen LogP contribution in [0, 0.1) is 0 Å². The molecule has 0 bridgehead atoms. The normalized spacial score (nSPS) is 10.9. The molecule has 1 heterocycles. The van der Waals surface area contributed by atoms with Gasteiger partial charge in [0.05, 0.1) is 11.1 Å². The van der Waals surface area contributed by atoms with Crippen LogP contribution in [-0.4, -0.2) is 16.9 Å². The van der Waals surface area contributed by atoms with Crippen LogP contribution < -0.4 is 5.32 Å². The van der Waals surface area contributed by atoms with Gasteiger partial charge in [-0.05, 0) is 64.1 Å². The molecule has 0 fully saturated rings. The van der Waals surface area contributed by atoms with Crippen molar-refractivity contribution in [3.63, 3.8) is 0 Å². The highest BCUT2D eigenvalue weighted by atomic mass is 16.5. The number of hydrogen-bond donors (Lipinski definition) is 1. The summed E-state index contributed by atoms with van der Waals surface area (Å²) < 4.78 is 5.44. The lowest BCUT2D eigenvalue weighted by Crippen LogP contribution is -2.14. The van der Waals surface area contributed by atoms with E-state index in [4.69, 9.17) is 4.74 Å². The summed E-state index contributed by atoms with van der Waals surface area (Å²) in [6.45, 7) is 10.7. The van der Waals surface area contributed by atoms with Gasteiger partial charge in [0.2, 0.25) is 0 Å². The first-order valence-corrected chi connectivity index (χ1v) is 13.9. The maximum absolute atomic E-state index is 13.3. The van der Waals surface area contributed by atoms with Crippen molar-refractivity contribution < 1.29 is 14.3 Å². The highest BCUT2D eigenvalue weighted by molar-refractivity contribution is 6.08. The zero-order chi connectivity index (χ0) is 29.4. The molecule has 5 rings (SSSR count). The molecule has 41 heavy (non-hydrogen) atoms. The minimum atomic E-state index is -0.398. The first-order chi connectivity index (χ1) is 19.8. The van der Waals surface area contributed by atoms with Crippen LogP contribution in [-0.2, 0) is 16.8 Å². The first kappa shape index (κ1) is 29.2. The molecule has 1 N–H and O–H groups in total. The zero-order valence-electron chi connectivity index (χ0n) is 24.3. The molecule has 208 valence electrons. The summed E-state index contributed by atoms with van der Waals surface area (Å²) in [6, 6.07) is 34.2. The monoisotopic (exact) mass is 544 g/mol. The lowest BCUT2D eigenvalue weighted by atomic mass is 9.86. The number of carbonyl (C=O) groups is 2. The SMILES string of the molecule is CC.CC(C)(C)c1ccc(-c2ccccc2C(=O)Nc2ccc3cc(C(=O)OCc4ccccc4)ccc3n2)cc1. The molecule has 0 radical (unpaired) electrons. The number of fused-ring (bicyclic) bond motifs is 1. The quantitative estimate of drug-likeness (QED) is 0.217. The van der Waals surface area contributed by atoms with E-state index in [9.17, 15) is 9.59 Å².